The molecule has 0 saturated heterocycles. The Morgan fingerprint density at radius 3 is 2.92 bits per heavy atom. The van der Waals surface area contributed by atoms with E-state index < -0.39 is 0 Å². The monoisotopic (exact) mass is 182 g/mol. The second-order valence-corrected chi connectivity index (χ2v) is 2.87. The molecule has 0 radical (unpaired) electrons. The molecule has 0 aliphatic rings. The fourth-order valence-electron chi connectivity index (χ4n) is 1.02. The first-order valence-corrected chi connectivity index (χ1v) is 4.06. The third-order valence-corrected chi connectivity index (χ3v) is 1.84. The Kier molecular flexibility index (Phi) is 3.26. The van der Waals surface area contributed by atoms with Crippen molar-refractivity contribution in [3.8, 4) is 0 Å². The van der Waals surface area contributed by atoms with Crippen molar-refractivity contribution in [1.29, 1.82) is 0 Å². The lowest BCUT2D eigenvalue weighted by atomic mass is 10.1. The van der Waals surface area contributed by atoms with E-state index in [0.29, 0.717) is 5.02 Å². The highest BCUT2D eigenvalue weighted by Gasteiger charge is 2.04. The van der Waals surface area contributed by atoms with E-state index in [1.165, 1.54) is 0 Å². The predicted octanol–water partition coefficient (Wildman–Crippen LogP) is 2.18. The van der Waals surface area contributed by atoms with Gasteiger partial charge in [0.25, 0.3) is 0 Å². The second kappa shape index (κ2) is 4.24. The van der Waals surface area contributed by atoms with Crippen LogP contribution in [0, 0.1) is 0 Å². The molecule has 0 amide bonds. The summed E-state index contributed by atoms with van der Waals surface area (Å²) in [5, 5.41) is 3.73. The number of halogens is 1. The third kappa shape index (κ3) is 2.06. The Labute approximate surface area is 77.3 Å². The average molecular weight is 183 g/mol. The molecular formula is C9H11ClN2. The SMILES string of the molecule is C=CC(NC)c1cncc(Cl)c1. The zero-order valence-corrected chi connectivity index (χ0v) is 7.67. The molecule has 0 saturated carbocycles. The highest BCUT2D eigenvalue weighted by atomic mass is 35.5. The maximum atomic E-state index is 5.78. The van der Waals surface area contributed by atoms with E-state index in [1.54, 1.807) is 12.4 Å². The molecule has 1 unspecified atom stereocenters. The van der Waals surface area contributed by atoms with Gasteiger partial charge in [-0.1, -0.05) is 17.7 Å². The van der Waals surface area contributed by atoms with Crippen LogP contribution >= 0.6 is 11.6 Å². The molecule has 2 nitrogen and oxygen atoms in total. The number of nitrogens with one attached hydrogen (secondary N) is 1. The lowest BCUT2D eigenvalue weighted by Crippen LogP contribution is -2.13. The van der Waals surface area contributed by atoms with Crippen molar-refractivity contribution in [3.05, 3.63) is 41.7 Å². The Bertz CT molecular complexity index is 273. The molecule has 1 rings (SSSR count). The Morgan fingerprint density at radius 1 is 1.67 bits per heavy atom. The minimum absolute atomic E-state index is 0.121. The highest BCUT2D eigenvalue weighted by molar-refractivity contribution is 6.30. The van der Waals surface area contributed by atoms with Crippen LogP contribution in [0.25, 0.3) is 0 Å². The zero-order chi connectivity index (χ0) is 8.97. The number of nitrogens with zero attached hydrogens (tertiary/aromatic N) is 1. The van der Waals surface area contributed by atoms with Crippen molar-refractivity contribution < 1.29 is 0 Å². The summed E-state index contributed by atoms with van der Waals surface area (Å²) in [6, 6.07) is 1.99. The summed E-state index contributed by atoms with van der Waals surface area (Å²) >= 11 is 5.78. The first kappa shape index (κ1) is 9.23. The van der Waals surface area contributed by atoms with E-state index in [2.05, 4.69) is 16.9 Å². The van der Waals surface area contributed by atoms with Crippen molar-refractivity contribution in [2.45, 2.75) is 6.04 Å². The van der Waals surface area contributed by atoms with Crippen LogP contribution in [0.4, 0.5) is 0 Å². The minimum Gasteiger partial charge on any atom is -0.310 e. The summed E-state index contributed by atoms with van der Waals surface area (Å²) in [7, 11) is 1.87. The Balaban J connectivity index is 2.93. The van der Waals surface area contributed by atoms with E-state index in [1.807, 2.05) is 19.2 Å². The van der Waals surface area contributed by atoms with Crippen LogP contribution in [0.1, 0.15) is 11.6 Å². The molecule has 12 heavy (non-hydrogen) atoms. The summed E-state index contributed by atoms with van der Waals surface area (Å²) in [6.07, 6.45) is 5.20. The molecule has 1 aromatic heterocycles. The van der Waals surface area contributed by atoms with Crippen LogP contribution in [-0.4, -0.2) is 12.0 Å². The number of hydrogen-bond acceptors (Lipinski definition) is 2. The Hall–Kier alpha value is -0.860. The fourth-order valence-corrected chi connectivity index (χ4v) is 1.20. The molecule has 0 spiro atoms. The van der Waals surface area contributed by atoms with Crippen LogP contribution in [0.2, 0.25) is 5.02 Å². The first-order valence-electron chi connectivity index (χ1n) is 3.68. The quantitative estimate of drug-likeness (QED) is 0.725. The van der Waals surface area contributed by atoms with E-state index in [4.69, 9.17) is 11.6 Å². The van der Waals surface area contributed by atoms with Crippen LogP contribution in [-0.2, 0) is 0 Å². The van der Waals surface area contributed by atoms with E-state index in [-0.39, 0.29) is 6.04 Å². The molecule has 3 heteroatoms. The maximum absolute atomic E-state index is 5.78. The van der Waals surface area contributed by atoms with Gasteiger partial charge in [-0.3, -0.25) is 4.98 Å². The highest BCUT2D eigenvalue weighted by Crippen LogP contribution is 2.16. The summed E-state index contributed by atoms with van der Waals surface area (Å²) in [4.78, 5) is 3.98. The van der Waals surface area contributed by atoms with Crippen molar-refractivity contribution in [2.24, 2.45) is 0 Å². The van der Waals surface area contributed by atoms with Crippen LogP contribution in [0.3, 0.4) is 0 Å². The van der Waals surface area contributed by atoms with E-state index in [0.717, 1.165) is 5.56 Å². The lowest BCUT2D eigenvalue weighted by Gasteiger charge is -2.10. The summed E-state index contributed by atoms with van der Waals surface area (Å²) < 4.78 is 0. The largest absolute Gasteiger partial charge is 0.310 e. The number of hydrogen-bond donors (Lipinski definition) is 1. The van der Waals surface area contributed by atoms with Gasteiger partial charge in [-0.25, -0.2) is 0 Å². The van der Waals surface area contributed by atoms with Crippen LogP contribution in [0.5, 0.6) is 0 Å². The van der Waals surface area contributed by atoms with Gasteiger partial charge in [0.15, 0.2) is 0 Å². The second-order valence-electron chi connectivity index (χ2n) is 2.44. The molecule has 0 aliphatic carbocycles. The van der Waals surface area contributed by atoms with Crippen molar-refractivity contribution in [3.63, 3.8) is 0 Å². The van der Waals surface area contributed by atoms with Gasteiger partial charge >= 0.3 is 0 Å². The molecular weight excluding hydrogens is 172 g/mol. The molecule has 0 aromatic carbocycles. The van der Waals surface area contributed by atoms with Gasteiger partial charge in [0.2, 0.25) is 0 Å². The summed E-state index contributed by atoms with van der Waals surface area (Å²) in [5.41, 5.74) is 1.03. The van der Waals surface area contributed by atoms with Gasteiger partial charge in [-0.05, 0) is 18.7 Å². The standard InChI is InChI=1S/C9H11ClN2/c1-3-9(11-2)7-4-8(10)6-12-5-7/h3-6,9,11H,1H2,2H3. The molecule has 64 valence electrons. The zero-order valence-electron chi connectivity index (χ0n) is 6.92. The van der Waals surface area contributed by atoms with Gasteiger partial charge in [0.05, 0.1) is 11.1 Å². The molecule has 1 atom stereocenters. The van der Waals surface area contributed by atoms with Gasteiger partial charge in [-0.2, -0.15) is 0 Å². The fraction of sp³-hybridized carbons (Fsp3) is 0.222. The first-order chi connectivity index (χ1) is 5.77. The molecule has 1 N–H and O–H groups in total. The van der Waals surface area contributed by atoms with E-state index in [9.17, 15) is 0 Å². The van der Waals surface area contributed by atoms with Crippen LogP contribution in [0.15, 0.2) is 31.1 Å². The number of rotatable bonds is 3. The maximum Gasteiger partial charge on any atom is 0.0592 e. The molecule has 1 aromatic rings. The average Bonchev–Trinajstić information content (AvgIpc) is 2.07. The molecule has 0 fully saturated rings. The van der Waals surface area contributed by atoms with Crippen LogP contribution < -0.4 is 5.32 Å². The van der Waals surface area contributed by atoms with Crippen molar-refractivity contribution >= 4 is 11.6 Å². The summed E-state index contributed by atoms with van der Waals surface area (Å²) in [5.74, 6) is 0. The third-order valence-electron chi connectivity index (χ3n) is 1.63. The molecule has 0 bridgehead atoms. The van der Waals surface area contributed by atoms with Gasteiger partial charge in [0.1, 0.15) is 0 Å². The minimum atomic E-state index is 0.121. The summed E-state index contributed by atoms with van der Waals surface area (Å²) in [6.45, 7) is 3.70. The molecule has 1 heterocycles. The van der Waals surface area contributed by atoms with Crippen molar-refractivity contribution in [2.75, 3.05) is 7.05 Å². The number of likely N-dealkylation sites (N-methyl/N-ethyl adjacent to an activating group) is 1. The smallest absolute Gasteiger partial charge is 0.0592 e. The van der Waals surface area contributed by atoms with Gasteiger partial charge in [-0.15, -0.1) is 6.58 Å². The normalized spacial score (nSPS) is 12.5. The topological polar surface area (TPSA) is 24.9 Å². The van der Waals surface area contributed by atoms with Gasteiger partial charge in [0, 0.05) is 12.4 Å². The number of pyridine rings is 1. The van der Waals surface area contributed by atoms with E-state index >= 15 is 0 Å². The predicted molar refractivity (Wildman–Crippen MR) is 51.2 cm³/mol. The lowest BCUT2D eigenvalue weighted by molar-refractivity contribution is 0.713. The van der Waals surface area contributed by atoms with Crippen molar-refractivity contribution in [1.82, 2.24) is 10.3 Å². The number of aromatic nitrogens is 1. The Morgan fingerprint density at radius 2 is 2.42 bits per heavy atom. The molecule has 0 aliphatic heterocycles. The van der Waals surface area contributed by atoms with Gasteiger partial charge < -0.3 is 5.32 Å².